The molecule has 4 heteroatoms. The highest BCUT2D eigenvalue weighted by atomic mass is 16.5. The number of nitrogens with zero attached hydrogens (tertiary/aromatic N) is 1. The second-order valence-electron chi connectivity index (χ2n) is 3.63. The highest BCUT2D eigenvalue weighted by Crippen LogP contribution is 1.96. The van der Waals surface area contributed by atoms with Gasteiger partial charge in [-0.15, -0.1) is 0 Å². The Bertz CT molecular complexity index is 174. The summed E-state index contributed by atoms with van der Waals surface area (Å²) in [4.78, 5) is 13.4. The van der Waals surface area contributed by atoms with E-state index in [4.69, 9.17) is 9.47 Å². The molecule has 0 aromatic rings. The van der Waals surface area contributed by atoms with E-state index in [1.807, 2.05) is 13.8 Å². The molecule has 0 spiro atoms. The van der Waals surface area contributed by atoms with Crippen LogP contribution in [0.5, 0.6) is 0 Å². The fourth-order valence-corrected chi connectivity index (χ4v) is 1.51. The Hall–Kier alpha value is -0.610. The summed E-state index contributed by atoms with van der Waals surface area (Å²) in [6.07, 6.45) is 2.02. The summed E-state index contributed by atoms with van der Waals surface area (Å²) in [6.45, 7) is 10.1. The molecule has 0 saturated carbocycles. The van der Waals surface area contributed by atoms with Crippen LogP contribution in [0.3, 0.4) is 0 Å². The molecule has 0 heterocycles. The van der Waals surface area contributed by atoms with Crippen LogP contribution in [0.1, 0.15) is 33.6 Å². The smallest absolute Gasteiger partial charge is 0.320 e. The lowest BCUT2D eigenvalue weighted by Gasteiger charge is -2.20. The largest absolute Gasteiger partial charge is 0.465 e. The molecule has 96 valence electrons. The number of rotatable bonds is 10. The van der Waals surface area contributed by atoms with E-state index in [0.29, 0.717) is 13.2 Å². The van der Waals surface area contributed by atoms with Crippen LogP contribution in [0.4, 0.5) is 0 Å². The molecule has 0 aliphatic rings. The summed E-state index contributed by atoms with van der Waals surface area (Å²) in [7, 11) is 0. The predicted octanol–water partition coefficient (Wildman–Crippen LogP) is 1.69. The van der Waals surface area contributed by atoms with Crippen molar-refractivity contribution < 1.29 is 14.3 Å². The van der Waals surface area contributed by atoms with Gasteiger partial charge in [0.05, 0.1) is 13.2 Å². The van der Waals surface area contributed by atoms with Gasteiger partial charge in [-0.25, -0.2) is 0 Å². The maximum atomic E-state index is 11.3. The highest BCUT2D eigenvalue weighted by Gasteiger charge is 2.09. The van der Waals surface area contributed by atoms with Crippen molar-refractivity contribution in [2.24, 2.45) is 0 Å². The number of carbonyl (C=O) groups is 1. The zero-order chi connectivity index (χ0) is 12.2. The predicted molar refractivity (Wildman–Crippen MR) is 64.5 cm³/mol. The van der Waals surface area contributed by atoms with Gasteiger partial charge < -0.3 is 9.47 Å². The Balaban J connectivity index is 3.73. The van der Waals surface area contributed by atoms with Gasteiger partial charge in [-0.3, -0.25) is 9.69 Å². The van der Waals surface area contributed by atoms with Crippen molar-refractivity contribution in [3.05, 3.63) is 0 Å². The average molecular weight is 231 g/mol. The quantitative estimate of drug-likeness (QED) is 0.423. The normalized spacial score (nSPS) is 10.8. The number of carbonyl (C=O) groups excluding carboxylic acids is 1. The third-order valence-corrected chi connectivity index (χ3v) is 2.17. The molecule has 0 aromatic heterocycles. The molecule has 16 heavy (non-hydrogen) atoms. The summed E-state index contributed by atoms with van der Waals surface area (Å²) in [5.74, 6) is -0.132. The molecular weight excluding hydrogens is 206 g/mol. The van der Waals surface area contributed by atoms with Crippen LogP contribution >= 0.6 is 0 Å². The van der Waals surface area contributed by atoms with Gasteiger partial charge in [0.25, 0.3) is 0 Å². The summed E-state index contributed by atoms with van der Waals surface area (Å²) in [6, 6.07) is 0. The molecule has 0 N–H and O–H groups in total. The van der Waals surface area contributed by atoms with Gasteiger partial charge in [0.15, 0.2) is 0 Å². The number of esters is 1. The number of hydrogen-bond acceptors (Lipinski definition) is 4. The molecule has 0 atom stereocenters. The maximum Gasteiger partial charge on any atom is 0.320 e. The molecule has 0 aliphatic heterocycles. The van der Waals surface area contributed by atoms with Crippen molar-refractivity contribution in [2.45, 2.75) is 33.6 Å². The zero-order valence-corrected chi connectivity index (χ0v) is 10.8. The van der Waals surface area contributed by atoms with Gasteiger partial charge in [0, 0.05) is 19.8 Å². The average Bonchev–Trinajstić information content (AvgIpc) is 2.25. The van der Waals surface area contributed by atoms with E-state index < -0.39 is 0 Å². The first-order valence-corrected chi connectivity index (χ1v) is 6.20. The molecule has 0 saturated heterocycles. The van der Waals surface area contributed by atoms with Gasteiger partial charge in [-0.1, -0.05) is 6.92 Å². The lowest BCUT2D eigenvalue weighted by Crippen LogP contribution is -2.33. The Morgan fingerprint density at radius 2 is 1.88 bits per heavy atom. The fraction of sp³-hybridized carbons (Fsp3) is 0.917. The minimum atomic E-state index is -0.132. The van der Waals surface area contributed by atoms with Crippen molar-refractivity contribution in [3.63, 3.8) is 0 Å². The van der Waals surface area contributed by atoms with E-state index in [9.17, 15) is 4.79 Å². The molecule has 0 amide bonds. The first kappa shape index (κ1) is 15.4. The maximum absolute atomic E-state index is 11.3. The van der Waals surface area contributed by atoms with Gasteiger partial charge in [-0.2, -0.15) is 0 Å². The molecule has 4 nitrogen and oxygen atoms in total. The summed E-state index contributed by atoms with van der Waals surface area (Å²) >= 11 is 0. The minimum Gasteiger partial charge on any atom is -0.465 e. The SMILES string of the molecule is CCCN(CCCOCC)CC(=O)OCC. The van der Waals surface area contributed by atoms with Gasteiger partial charge in [0.1, 0.15) is 0 Å². The van der Waals surface area contributed by atoms with Crippen molar-refractivity contribution in [3.8, 4) is 0 Å². The lowest BCUT2D eigenvalue weighted by molar-refractivity contribution is -0.144. The Morgan fingerprint density at radius 1 is 1.12 bits per heavy atom. The first-order chi connectivity index (χ1) is 7.74. The van der Waals surface area contributed by atoms with E-state index >= 15 is 0 Å². The second-order valence-corrected chi connectivity index (χ2v) is 3.63. The third-order valence-electron chi connectivity index (χ3n) is 2.17. The summed E-state index contributed by atoms with van der Waals surface area (Å²) in [5.41, 5.74) is 0. The van der Waals surface area contributed by atoms with E-state index in [1.165, 1.54) is 0 Å². The van der Waals surface area contributed by atoms with Crippen LogP contribution in [-0.2, 0) is 14.3 Å². The van der Waals surface area contributed by atoms with E-state index in [-0.39, 0.29) is 5.97 Å². The van der Waals surface area contributed by atoms with Crippen molar-refractivity contribution in [1.29, 1.82) is 0 Å². The van der Waals surface area contributed by atoms with Gasteiger partial charge >= 0.3 is 5.97 Å². The van der Waals surface area contributed by atoms with Crippen LogP contribution in [-0.4, -0.2) is 50.3 Å². The number of hydrogen-bond donors (Lipinski definition) is 0. The summed E-state index contributed by atoms with van der Waals surface area (Å²) in [5, 5.41) is 0. The molecule has 0 unspecified atom stereocenters. The molecule has 0 radical (unpaired) electrons. The van der Waals surface area contributed by atoms with Crippen LogP contribution in [0, 0.1) is 0 Å². The standard InChI is InChI=1S/C12H25NO3/c1-4-8-13(9-7-10-15-5-2)11-12(14)16-6-3/h4-11H2,1-3H3. The minimum absolute atomic E-state index is 0.132. The molecule has 0 fully saturated rings. The summed E-state index contributed by atoms with van der Waals surface area (Å²) < 4.78 is 10.2. The van der Waals surface area contributed by atoms with Crippen molar-refractivity contribution >= 4 is 5.97 Å². The topological polar surface area (TPSA) is 38.8 Å². The second kappa shape index (κ2) is 10.9. The molecule has 0 aromatic carbocycles. The lowest BCUT2D eigenvalue weighted by atomic mass is 10.3. The van der Waals surface area contributed by atoms with Crippen LogP contribution < -0.4 is 0 Å². The van der Waals surface area contributed by atoms with E-state index in [2.05, 4.69) is 11.8 Å². The highest BCUT2D eigenvalue weighted by molar-refractivity contribution is 5.71. The van der Waals surface area contributed by atoms with Crippen LogP contribution in [0.15, 0.2) is 0 Å². The van der Waals surface area contributed by atoms with Gasteiger partial charge in [-0.05, 0) is 33.2 Å². The van der Waals surface area contributed by atoms with Gasteiger partial charge in [0.2, 0.25) is 0 Å². The first-order valence-electron chi connectivity index (χ1n) is 6.20. The fourth-order valence-electron chi connectivity index (χ4n) is 1.51. The zero-order valence-electron chi connectivity index (χ0n) is 10.8. The van der Waals surface area contributed by atoms with Crippen molar-refractivity contribution in [1.82, 2.24) is 4.90 Å². The van der Waals surface area contributed by atoms with E-state index in [0.717, 1.165) is 39.1 Å². The Labute approximate surface area is 98.9 Å². The molecule has 0 rings (SSSR count). The van der Waals surface area contributed by atoms with Crippen molar-refractivity contribution in [2.75, 3.05) is 39.5 Å². The molecule has 0 aliphatic carbocycles. The monoisotopic (exact) mass is 231 g/mol. The number of ether oxygens (including phenoxy) is 2. The Kier molecular flexibility index (Phi) is 10.5. The molecule has 0 bridgehead atoms. The van der Waals surface area contributed by atoms with E-state index in [1.54, 1.807) is 0 Å². The Morgan fingerprint density at radius 3 is 2.44 bits per heavy atom. The third kappa shape index (κ3) is 8.68. The van der Waals surface area contributed by atoms with Crippen LogP contribution in [0.2, 0.25) is 0 Å². The van der Waals surface area contributed by atoms with Crippen LogP contribution in [0.25, 0.3) is 0 Å². The molecular formula is C12H25NO3.